The third-order valence-corrected chi connectivity index (χ3v) is 9.20. The number of nitrogens with one attached hydrogen (secondary N) is 4. The summed E-state index contributed by atoms with van der Waals surface area (Å²) in [5, 5.41) is 6.86. The van der Waals surface area contributed by atoms with Crippen molar-refractivity contribution in [2.75, 3.05) is 13.1 Å². The number of carbonyl (C=O) groups is 4. The predicted octanol–water partition coefficient (Wildman–Crippen LogP) is 5.69. The molecular formula is C39H52N8O4. The monoisotopic (exact) mass is 696 g/mol. The number of amides is 2. The number of Topliss-reactive ketones (excluding diaryl/α,β-unsaturated/α-hetero) is 2. The predicted molar refractivity (Wildman–Crippen MR) is 199 cm³/mol. The van der Waals surface area contributed by atoms with Crippen LogP contribution in [0, 0.1) is 11.8 Å². The highest BCUT2D eigenvalue weighted by atomic mass is 16.2. The van der Waals surface area contributed by atoms with Gasteiger partial charge in [0.15, 0.2) is 11.6 Å². The second-order valence-electron chi connectivity index (χ2n) is 13.7. The van der Waals surface area contributed by atoms with Gasteiger partial charge >= 0.3 is 0 Å². The standard InChI is InChI=1S/C39H52N8O4/c1-24(2)34(36(48)30-18-26(32-20-42-22-46-32)12-14-28(30)38(40)50)44-16-10-8-6-5-7-9-11-17-45-35(25(3)4)37(49)31-19-27(33-21-43-23-47-33)13-15-29(31)39(41)51/h12-15,18-25,34-35,44-45H,5-11,16-17H2,1-4H3,(H2,40,50)(H2,41,51)(H,42,46)(H,43,47). The zero-order valence-electron chi connectivity index (χ0n) is 30.1. The van der Waals surface area contributed by atoms with Crippen LogP contribution in [0.3, 0.4) is 0 Å². The molecule has 12 nitrogen and oxygen atoms in total. The fourth-order valence-corrected chi connectivity index (χ4v) is 6.33. The molecule has 2 heterocycles. The van der Waals surface area contributed by atoms with Crippen LogP contribution >= 0.6 is 0 Å². The molecule has 12 heteroatoms. The Balaban J connectivity index is 1.18. The first-order chi connectivity index (χ1) is 24.5. The lowest BCUT2D eigenvalue weighted by atomic mass is 9.90. The average Bonchev–Trinajstić information content (AvgIpc) is 3.85. The van der Waals surface area contributed by atoms with E-state index in [1.54, 1.807) is 61.4 Å². The number of hydrogen-bond donors (Lipinski definition) is 6. The molecular weight excluding hydrogens is 644 g/mol. The van der Waals surface area contributed by atoms with Crippen molar-refractivity contribution in [1.82, 2.24) is 30.6 Å². The van der Waals surface area contributed by atoms with E-state index >= 15 is 0 Å². The molecule has 0 radical (unpaired) electrons. The molecule has 2 aromatic carbocycles. The van der Waals surface area contributed by atoms with Gasteiger partial charge in [-0.3, -0.25) is 19.2 Å². The minimum absolute atomic E-state index is 0.0191. The van der Waals surface area contributed by atoms with Crippen molar-refractivity contribution in [2.24, 2.45) is 23.3 Å². The van der Waals surface area contributed by atoms with Gasteiger partial charge in [0.2, 0.25) is 11.8 Å². The topological polar surface area (TPSA) is 202 Å². The van der Waals surface area contributed by atoms with Gasteiger partial charge in [0.05, 0.1) is 48.5 Å². The highest BCUT2D eigenvalue weighted by molar-refractivity contribution is 6.11. The van der Waals surface area contributed by atoms with E-state index in [2.05, 4.69) is 30.6 Å². The average molecular weight is 697 g/mol. The van der Waals surface area contributed by atoms with E-state index in [9.17, 15) is 19.2 Å². The second-order valence-corrected chi connectivity index (χ2v) is 13.7. The Morgan fingerprint density at radius 2 is 0.961 bits per heavy atom. The van der Waals surface area contributed by atoms with Gasteiger partial charge < -0.3 is 32.1 Å². The number of nitrogens with two attached hydrogens (primary N) is 2. The maximum absolute atomic E-state index is 13.7. The van der Waals surface area contributed by atoms with Gasteiger partial charge in [-0.1, -0.05) is 71.9 Å². The molecule has 0 aliphatic carbocycles. The van der Waals surface area contributed by atoms with Crippen molar-refractivity contribution in [3.05, 3.63) is 83.7 Å². The first-order valence-corrected chi connectivity index (χ1v) is 17.9. The molecule has 2 aromatic heterocycles. The lowest BCUT2D eigenvalue weighted by Crippen LogP contribution is -2.42. The van der Waals surface area contributed by atoms with E-state index in [0.717, 1.165) is 67.5 Å². The minimum atomic E-state index is -0.632. The van der Waals surface area contributed by atoms with E-state index < -0.39 is 23.9 Å². The Hall–Kier alpha value is -4.94. The molecule has 0 saturated heterocycles. The van der Waals surface area contributed by atoms with Gasteiger partial charge in [-0.05, 0) is 62.0 Å². The normalized spacial score (nSPS) is 12.7. The summed E-state index contributed by atoms with van der Waals surface area (Å²) in [6.07, 6.45) is 13.7. The molecule has 0 aliphatic heterocycles. The molecule has 0 aliphatic rings. The number of carbonyl (C=O) groups excluding carboxylic acids is 4. The fraction of sp³-hybridized carbons (Fsp3) is 0.436. The highest BCUT2D eigenvalue weighted by Crippen LogP contribution is 2.25. The Kier molecular flexibility index (Phi) is 14.4. The van der Waals surface area contributed by atoms with Gasteiger partial charge in [-0.15, -0.1) is 0 Å². The number of unbranched alkanes of at least 4 members (excludes halogenated alkanes) is 6. The first kappa shape index (κ1) is 38.9. The zero-order valence-corrected chi connectivity index (χ0v) is 30.1. The quantitative estimate of drug-likeness (QED) is 0.0444. The summed E-state index contributed by atoms with van der Waals surface area (Å²) >= 11 is 0. The number of rotatable bonds is 22. The van der Waals surface area contributed by atoms with Crippen LogP contribution in [0.1, 0.15) is 114 Å². The molecule has 8 N–H and O–H groups in total. The largest absolute Gasteiger partial charge is 0.366 e. The zero-order chi connectivity index (χ0) is 36.9. The van der Waals surface area contributed by atoms with Crippen molar-refractivity contribution in [2.45, 2.75) is 84.7 Å². The maximum atomic E-state index is 13.7. The summed E-state index contributed by atoms with van der Waals surface area (Å²) in [4.78, 5) is 65.9. The van der Waals surface area contributed by atoms with Crippen molar-refractivity contribution >= 4 is 23.4 Å². The molecule has 0 fully saturated rings. The molecule has 272 valence electrons. The van der Waals surface area contributed by atoms with Crippen LogP contribution < -0.4 is 22.1 Å². The number of primary amides is 2. The molecule has 0 spiro atoms. The summed E-state index contributed by atoms with van der Waals surface area (Å²) in [5.74, 6) is -1.52. The molecule has 0 bridgehead atoms. The molecule has 2 unspecified atom stereocenters. The van der Waals surface area contributed by atoms with Gasteiger partial charge in [0, 0.05) is 33.4 Å². The Labute approximate surface area is 300 Å². The SMILES string of the molecule is CC(C)C(NCCCCCCCCCNC(C(=O)c1cc(-c2cnc[nH]2)ccc1C(N)=O)C(C)C)C(=O)c1cc(-c2cnc[nH]2)ccc1C(N)=O. The van der Waals surface area contributed by atoms with Crippen molar-refractivity contribution in [3.8, 4) is 22.5 Å². The molecule has 51 heavy (non-hydrogen) atoms. The molecule has 4 rings (SSSR count). The van der Waals surface area contributed by atoms with E-state index in [-0.39, 0.29) is 34.5 Å². The van der Waals surface area contributed by atoms with Crippen LogP contribution in [-0.2, 0) is 0 Å². The lowest BCUT2D eigenvalue weighted by Gasteiger charge is -2.23. The molecule has 2 atom stereocenters. The number of benzene rings is 2. The summed E-state index contributed by atoms with van der Waals surface area (Å²) in [5.41, 5.74) is 15.3. The summed E-state index contributed by atoms with van der Waals surface area (Å²) in [6, 6.07) is 9.26. The van der Waals surface area contributed by atoms with E-state index in [4.69, 9.17) is 11.5 Å². The fourth-order valence-electron chi connectivity index (χ4n) is 6.33. The summed E-state index contributed by atoms with van der Waals surface area (Å²) in [6.45, 7) is 9.35. The maximum Gasteiger partial charge on any atom is 0.249 e. The van der Waals surface area contributed by atoms with Crippen molar-refractivity contribution < 1.29 is 19.2 Å². The number of nitrogens with zero attached hydrogens (tertiary/aromatic N) is 2. The molecule has 0 saturated carbocycles. The third kappa shape index (κ3) is 10.5. The Bertz CT molecular complexity index is 1620. The van der Waals surface area contributed by atoms with Crippen molar-refractivity contribution in [3.63, 3.8) is 0 Å². The van der Waals surface area contributed by atoms with Crippen LogP contribution in [0.2, 0.25) is 0 Å². The van der Waals surface area contributed by atoms with Crippen LogP contribution in [-0.4, -0.2) is 68.5 Å². The number of aromatic nitrogens is 4. The highest BCUT2D eigenvalue weighted by Gasteiger charge is 2.28. The van der Waals surface area contributed by atoms with Gasteiger partial charge in [-0.25, -0.2) is 9.97 Å². The smallest absolute Gasteiger partial charge is 0.249 e. The number of aromatic amines is 2. The van der Waals surface area contributed by atoms with Gasteiger partial charge in [-0.2, -0.15) is 0 Å². The van der Waals surface area contributed by atoms with Crippen molar-refractivity contribution in [1.29, 1.82) is 0 Å². The van der Waals surface area contributed by atoms with Crippen LogP contribution in [0.25, 0.3) is 22.5 Å². The minimum Gasteiger partial charge on any atom is -0.366 e. The van der Waals surface area contributed by atoms with E-state index in [0.29, 0.717) is 24.2 Å². The van der Waals surface area contributed by atoms with Crippen LogP contribution in [0.15, 0.2) is 61.4 Å². The van der Waals surface area contributed by atoms with Gasteiger partial charge in [0.1, 0.15) is 0 Å². The third-order valence-electron chi connectivity index (χ3n) is 9.20. The number of hydrogen-bond acceptors (Lipinski definition) is 8. The number of ketones is 2. The van der Waals surface area contributed by atoms with Crippen LogP contribution in [0.4, 0.5) is 0 Å². The summed E-state index contributed by atoms with van der Waals surface area (Å²) < 4.78 is 0. The lowest BCUT2D eigenvalue weighted by molar-refractivity contribution is 0.0902. The number of H-pyrrole nitrogens is 2. The first-order valence-electron chi connectivity index (χ1n) is 17.9. The molecule has 2 amide bonds. The van der Waals surface area contributed by atoms with Gasteiger partial charge in [0.25, 0.3) is 0 Å². The summed E-state index contributed by atoms with van der Waals surface area (Å²) in [7, 11) is 0. The number of imidazole rings is 2. The van der Waals surface area contributed by atoms with E-state index in [1.807, 2.05) is 27.7 Å². The Morgan fingerprint density at radius 3 is 1.27 bits per heavy atom. The molecule has 4 aromatic rings. The second kappa shape index (κ2) is 18.9. The van der Waals surface area contributed by atoms with E-state index in [1.165, 1.54) is 0 Å². The van der Waals surface area contributed by atoms with Crippen LogP contribution in [0.5, 0.6) is 0 Å². The Morgan fingerprint density at radius 1 is 0.588 bits per heavy atom.